The van der Waals surface area contributed by atoms with E-state index in [2.05, 4.69) is 37.3 Å². The van der Waals surface area contributed by atoms with Crippen molar-refractivity contribution >= 4 is 0 Å². The molecule has 0 spiro atoms. The van der Waals surface area contributed by atoms with Gasteiger partial charge in [0.05, 0.1) is 0 Å². The van der Waals surface area contributed by atoms with Gasteiger partial charge in [-0.3, -0.25) is 0 Å². The molecule has 2 rings (SSSR count). The van der Waals surface area contributed by atoms with Gasteiger partial charge in [0.15, 0.2) is 0 Å². The van der Waals surface area contributed by atoms with Crippen LogP contribution >= 0.6 is 0 Å². The molecule has 0 bridgehead atoms. The molecule has 0 saturated heterocycles. The van der Waals surface area contributed by atoms with Gasteiger partial charge in [-0.05, 0) is 23.8 Å². The molecule has 0 heteroatoms. The zero-order valence-electron chi connectivity index (χ0n) is 7.72. The third-order valence-electron chi connectivity index (χ3n) is 3.18. The highest BCUT2D eigenvalue weighted by Gasteiger charge is 2.29. The summed E-state index contributed by atoms with van der Waals surface area (Å²) in [5.41, 5.74) is 2.02. The predicted octanol–water partition coefficient (Wildman–Crippen LogP) is 4.15. The second-order valence-corrected chi connectivity index (χ2v) is 4.13. The zero-order valence-corrected chi connectivity index (χ0v) is 7.72. The van der Waals surface area contributed by atoms with Gasteiger partial charge in [0.25, 0.3) is 0 Å². The largest absolute Gasteiger partial charge is 0.0776 e. The maximum absolute atomic E-state index is 2.40. The molecule has 0 radical (unpaired) electrons. The lowest BCUT2D eigenvalue weighted by Gasteiger charge is -2.23. The van der Waals surface area contributed by atoms with E-state index in [1.807, 2.05) is 0 Å². The topological polar surface area (TPSA) is 0 Å². The first-order valence-corrected chi connectivity index (χ1v) is 4.87. The Morgan fingerprint density at radius 3 is 2.08 bits per heavy atom. The van der Waals surface area contributed by atoms with E-state index in [-0.39, 0.29) is 7.43 Å². The van der Waals surface area contributed by atoms with Crippen LogP contribution in [0, 0.1) is 0 Å². The summed E-state index contributed by atoms with van der Waals surface area (Å²) in [6.07, 6.45) is 5.56. The SMILES string of the molecule is C.CC1(c2ccccc2)CCCC1. The van der Waals surface area contributed by atoms with Gasteiger partial charge < -0.3 is 0 Å². The average molecular weight is 176 g/mol. The van der Waals surface area contributed by atoms with Crippen LogP contribution in [0.4, 0.5) is 0 Å². The van der Waals surface area contributed by atoms with Crippen molar-refractivity contribution in [3.8, 4) is 0 Å². The summed E-state index contributed by atoms with van der Waals surface area (Å²) >= 11 is 0. The Bertz CT molecular complexity index is 242. The molecule has 0 aromatic heterocycles. The van der Waals surface area contributed by atoms with Crippen molar-refractivity contribution in [2.75, 3.05) is 0 Å². The summed E-state index contributed by atoms with van der Waals surface area (Å²) in [6.45, 7) is 2.40. The molecule has 0 N–H and O–H groups in total. The molecule has 1 aromatic carbocycles. The van der Waals surface area contributed by atoms with E-state index in [9.17, 15) is 0 Å². The van der Waals surface area contributed by atoms with Crippen molar-refractivity contribution in [1.82, 2.24) is 0 Å². The third-order valence-corrected chi connectivity index (χ3v) is 3.18. The summed E-state index contributed by atoms with van der Waals surface area (Å²) in [6, 6.07) is 10.9. The molecule has 0 amide bonds. The molecular weight excluding hydrogens is 156 g/mol. The Hall–Kier alpha value is -0.780. The highest BCUT2D eigenvalue weighted by Crippen LogP contribution is 2.40. The fourth-order valence-electron chi connectivity index (χ4n) is 2.28. The van der Waals surface area contributed by atoms with Crippen molar-refractivity contribution < 1.29 is 0 Å². The Morgan fingerprint density at radius 1 is 1.00 bits per heavy atom. The summed E-state index contributed by atoms with van der Waals surface area (Å²) < 4.78 is 0. The summed E-state index contributed by atoms with van der Waals surface area (Å²) in [5.74, 6) is 0. The summed E-state index contributed by atoms with van der Waals surface area (Å²) in [7, 11) is 0. The quantitative estimate of drug-likeness (QED) is 0.603. The molecule has 1 aliphatic rings. The van der Waals surface area contributed by atoms with Crippen LogP contribution in [0.5, 0.6) is 0 Å². The molecule has 0 aliphatic heterocycles. The minimum absolute atomic E-state index is 0. The number of hydrogen-bond donors (Lipinski definition) is 0. The van der Waals surface area contributed by atoms with Crippen molar-refractivity contribution in [2.24, 2.45) is 0 Å². The fraction of sp³-hybridized carbons (Fsp3) is 0.538. The summed E-state index contributed by atoms with van der Waals surface area (Å²) in [4.78, 5) is 0. The first-order chi connectivity index (χ1) is 5.81. The Labute approximate surface area is 82.0 Å². The Kier molecular flexibility index (Phi) is 3.13. The van der Waals surface area contributed by atoms with Gasteiger partial charge in [0, 0.05) is 0 Å². The van der Waals surface area contributed by atoms with Crippen LogP contribution in [-0.4, -0.2) is 0 Å². The minimum atomic E-state index is 0. The van der Waals surface area contributed by atoms with Gasteiger partial charge in [0.1, 0.15) is 0 Å². The standard InChI is InChI=1S/C12H16.CH4/c1-12(9-5-6-10-12)11-7-3-2-4-8-11;/h2-4,7-8H,5-6,9-10H2,1H3;1H4. The van der Waals surface area contributed by atoms with E-state index in [1.165, 1.54) is 31.2 Å². The van der Waals surface area contributed by atoms with E-state index >= 15 is 0 Å². The lowest BCUT2D eigenvalue weighted by Crippen LogP contribution is -2.16. The molecule has 0 heterocycles. The number of hydrogen-bond acceptors (Lipinski definition) is 0. The van der Waals surface area contributed by atoms with Crippen LogP contribution in [0.15, 0.2) is 30.3 Å². The van der Waals surface area contributed by atoms with Crippen LogP contribution in [0.1, 0.15) is 45.6 Å². The average Bonchev–Trinajstić information content (AvgIpc) is 2.55. The maximum atomic E-state index is 2.40. The third kappa shape index (κ3) is 1.93. The summed E-state index contributed by atoms with van der Waals surface area (Å²) in [5, 5.41) is 0. The van der Waals surface area contributed by atoms with Crippen molar-refractivity contribution in [3.05, 3.63) is 35.9 Å². The molecule has 72 valence electrons. The van der Waals surface area contributed by atoms with E-state index in [1.54, 1.807) is 0 Å². The highest BCUT2D eigenvalue weighted by atomic mass is 14.3. The molecule has 13 heavy (non-hydrogen) atoms. The molecular formula is C13H20. The number of rotatable bonds is 1. The molecule has 0 unspecified atom stereocenters. The molecule has 0 nitrogen and oxygen atoms in total. The second-order valence-electron chi connectivity index (χ2n) is 4.13. The lowest BCUT2D eigenvalue weighted by atomic mass is 9.81. The van der Waals surface area contributed by atoms with Crippen LogP contribution < -0.4 is 0 Å². The molecule has 1 aliphatic carbocycles. The van der Waals surface area contributed by atoms with Crippen LogP contribution in [0.2, 0.25) is 0 Å². The molecule has 1 fully saturated rings. The minimum Gasteiger partial charge on any atom is -0.0776 e. The zero-order chi connectivity index (χ0) is 8.44. The normalized spacial score (nSPS) is 19.5. The van der Waals surface area contributed by atoms with Gasteiger partial charge >= 0.3 is 0 Å². The fourth-order valence-corrected chi connectivity index (χ4v) is 2.28. The van der Waals surface area contributed by atoms with E-state index in [0.717, 1.165) is 0 Å². The van der Waals surface area contributed by atoms with Crippen molar-refractivity contribution in [2.45, 2.75) is 45.4 Å². The van der Waals surface area contributed by atoms with Crippen molar-refractivity contribution in [3.63, 3.8) is 0 Å². The van der Waals surface area contributed by atoms with Gasteiger partial charge in [-0.2, -0.15) is 0 Å². The molecule has 1 saturated carbocycles. The van der Waals surface area contributed by atoms with E-state index in [4.69, 9.17) is 0 Å². The van der Waals surface area contributed by atoms with Gasteiger partial charge in [-0.15, -0.1) is 0 Å². The van der Waals surface area contributed by atoms with Gasteiger partial charge in [-0.1, -0.05) is 57.5 Å². The maximum Gasteiger partial charge on any atom is -0.00753 e. The van der Waals surface area contributed by atoms with E-state index < -0.39 is 0 Å². The van der Waals surface area contributed by atoms with E-state index in [0.29, 0.717) is 5.41 Å². The van der Waals surface area contributed by atoms with Crippen LogP contribution in [-0.2, 0) is 5.41 Å². The first kappa shape index (κ1) is 10.3. The highest BCUT2D eigenvalue weighted by molar-refractivity contribution is 5.25. The van der Waals surface area contributed by atoms with Gasteiger partial charge in [0.2, 0.25) is 0 Å². The van der Waals surface area contributed by atoms with Crippen molar-refractivity contribution in [1.29, 1.82) is 0 Å². The Balaban J connectivity index is 0.000000845. The lowest BCUT2D eigenvalue weighted by molar-refractivity contribution is 0.491. The number of benzene rings is 1. The Morgan fingerprint density at radius 2 is 1.54 bits per heavy atom. The van der Waals surface area contributed by atoms with Gasteiger partial charge in [-0.25, -0.2) is 0 Å². The first-order valence-electron chi connectivity index (χ1n) is 4.87. The van der Waals surface area contributed by atoms with Crippen LogP contribution in [0.3, 0.4) is 0 Å². The smallest absolute Gasteiger partial charge is 0.00753 e. The second kappa shape index (κ2) is 3.95. The van der Waals surface area contributed by atoms with Crippen LogP contribution in [0.25, 0.3) is 0 Å². The monoisotopic (exact) mass is 176 g/mol. The molecule has 1 aromatic rings. The molecule has 0 atom stereocenters. The predicted molar refractivity (Wildman–Crippen MR) is 59.0 cm³/mol.